The Labute approximate surface area is 144 Å². The lowest BCUT2D eigenvalue weighted by atomic mass is 10.1. The second kappa shape index (κ2) is 21.0. The second-order valence-corrected chi connectivity index (χ2v) is 7.56. The van der Waals surface area contributed by atoms with Crippen LogP contribution in [0, 0.1) is 0 Å². The highest BCUT2D eigenvalue weighted by molar-refractivity contribution is 7.99. The van der Waals surface area contributed by atoms with Crippen LogP contribution in [0.4, 0.5) is 0 Å². The van der Waals surface area contributed by atoms with Gasteiger partial charge in [-0.2, -0.15) is 11.8 Å². The molecule has 0 unspecified atom stereocenters. The van der Waals surface area contributed by atoms with E-state index in [4.69, 9.17) is 5.73 Å². The zero-order valence-corrected chi connectivity index (χ0v) is 16.0. The van der Waals surface area contributed by atoms with Gasteiger partial charge < -0.3 is 5.73 Å². The molecule has 0 aromatic rings. The lowest BCUT2D eigenvalue weighted by Crippen LogP contribution is -2.01. The largest absolute Gasteiger partial charge is 0.330 e. The van der Waals surface area contributed by atoms with Crippen molar-refractivity contribution in [2.24, 2.45) is 5.73 Å². The van der Waals surface area contributed by atoms with Crippen LogP contribution in [0.3, 0.4) is 0 Å². The second-order valence-electron chi connectivity index (χ2n) is 6.34. The molecule has 0 atom stereocenters. The first-order valence-electron chi connectivity index (χ1n) is 9.84. The minimum absolute atomic E-state index is 0.830. The maximum absolute atomic E-state index is 5.47. The SMILES string of the molecule is CCCCCCCCC=CCCCCCCCCSCCN. The minimum atomic E-state index is 0.830. The van der Waals surface area contributed by atoms with Crippen molar-refractivity contribution in [3.63, 3.8) is 0 Å². The average molecular weight is 328 g/mol. The number of thioether (sulfide) groups is 1. The van der Waals surface area contributed by atoms with Crippen molar-refractivity contribution in [3.05, 3.63) is 12.2 Å². The van der Waals surface area contributed by atoms with E-state index in [-0.39, 0.29) is 0 Å². The zero-order chi connectivity index (χ0) is 16.1. The maximum atomic E-state index is 5.47. The molecule has 2 N–H and O–H groups in total. The molecule has 0 aliphatic rings. The van der Waals surface area contributed by atoms with Crippen molar-refractivity contribution in [1.82, 2.24) is 0 Å². The van der Waals surface area contributed by atoms with Crippen LogP contribution in [-0.4, -0.2) is 18.1 Å². The fourth-order valence-corrected chi connectivity index (χ4v) is 3.42. The van der Waals surface area contributed by atoms with Crippen molar-refractivity contribution in [2.75, 3.05) is 18.1 Å². The predicted molar refractivity (Wildman–Crippen MR) is 106 cm³/mol. The van der Waals surface area contributed by atoms with Crippen molar-refractivity contribution in [2.45, 2.75) is 96.8 Å². The zero-order valence-electron chi connectivity index (χ0n) is 15.2. The molecule has 22 heavy (non-hydrogen) atoms. The molecule has 0 saturated carbocycles. The molecule has 0 radical (unpaired) electrons. The fourth-order valence-electron chi connectivity index (χ4n) is 2.64. The third-order valence-corrected chi connectivity index (χ3v) is 5.16. The van der Waals surface area contributed by atoms with Crippen LogP contribution in [0.25, 0.3) is 0 Å². The van der Waals surface area contributed by atoms with Crippen LogP contribution in [0.2, 0.25) is 0 Å². The van der Waals surface area contributed by atoms with Gasteiger partial charge in [-0.15, -0.1) is 0 Å². The van der Waals surface area contributed by atoms with Crippen LogP contribution < -0.4 is 5.73 Å². The normalized spacial score (nSPS) is 11.5. The molecule has 1 nitrogen and oxygen atoms in total. The van der Waals surface area contributed by atoms with E-state index in [9.17, 15) is 0 Å². The van der Waals surface area contributed by atoms with E-state index in [1.54, 1.807) is 0 Å². The smallest absolute Gasteiger partial charge is 0.00558 e. The summed E-state index contributed by atoms with van der Waals surface area (Å²) in [4.78, 5) is 0. The fraction of sp³-hybridized carbons (Fsp3) is 0.900. The Morgan fingerprint density at radius 2 is 1.14 bits per heavy atom. The van der Waals surface area contributed by atoms with Crippen LogP contribution in [0.1, 0.15) is 96.8 Å². The van der Waals surface area contributed by atoms with E-state index in [2.05, 4.69) is 19.1 Å². The Balaban J connectivity index is 3.02. The molecule has 2 heteroatoms. The first-order chi connectivity index (χ1) is 10.9. The van der Waals surface area contributed by atoms with Crippen molar-refractivity contribution >= 4 is 11.8 Å². The molecule has 0 saturated heterocycles. The Morgan fingerprint density at radius 1 is 0.636 bits per heavy atom. The molecule has 0 spiro atoms. The molecule has 0 aromatic heterocycles. The highest BCUT2D eigenvalue weighted by Gasteiger charge is 1.92. The number of hydrogen-bond acceptors (Lipinski definition) is 2. The monoisotopic (exact) mass is 327 g/mol. The van der Waals surface area contributed by atoms with E-state index < -0.39 is 0 Å². The molecule has 0 heterocycles. The lowest BCUT2D eigenvalue weighted by molar-refractivity contribution is 0.607. The molecule has 0 fully saturated rings. The van der Waals surface area contributed by atoms with E-state index in [0.717, 1.165) is 12.3 Å². The quantitative estimate of drug-likeness (QED) is 0.223. The first-order valence-corrected chi connectivity index (χ1v) is 11.0. The third kappa shape index (κ3) is 20.1. The molecular formula is C20H41NS. The molecule has 0 amide bonds. The summed E-state index contributed by atoms with van der Waals surface area (Å²) in [6.07, 6.45) is 24.3. The predicted octanol–water partition coefficient (Wildman–Crippen LogP) is 6.72. The molecule has 132 valence electrons. The summed E-state index contributed by atoms with van der Waals surface area (Å²) in [6, 6.07) is 0. The number of allylic oxidation sites excluding steroid dienone is 2. The summed E-state index contributed by atoms with van der Waals surface area (Å²) < 4.78 is 0. The van der Waals surface area contributed by atoms with Gasteiger partial charge in [0.1, 0.15) is 0 Å². The van der Waals surface area contributed by atoms with Gasteiger partial charge >= 0.3 is 0 Å². The summed E-state index contributed by atoms with van der Waals surface area (Å²) >= 11 is 2.01. The molecule has 0 rings (SSSR count). The summed E-state index contributed by atoms with van der Waals surface area (Å²) in [5, 5.41) is 0. The maximum Gasteiger partial charge on any atom is 0.00558 e. The van der Waals surface area contributed by atoms with E-state index in [0.29, 0.717) is 0 Å². The van der Waals surface area contributed by atoms with Crippen LogP contribution in [0.5, 0.6) is 0 Å². The number of unbranched alkanes of at least 4 members (excludes halogenated alkanes) is 12. The highest BCUT2D eigenvalue weighted by atomic mass is 32.2. The highest BCUT2D eigenvalue weighted by Crippen LogP contribution is 2.11. The van der Waals surface area contributed by atoms with Gasteiger partial charge in [-0.1, -0.05) is 76.9 Å². The van der Waals surface area contributed by atoms with Crippen molar-refractivity contribution in [3.8, 4) is 0 Å². The summed E-state index contributed by atoms with van der Waals surface area (Å²) in [5.74, 6) is 2.43. The first kappa shape index (κ1) is 22.1. The average Bonchev–Trinajstić information content (AvgIpc) is 2.54. The topological polar surface area (TPSA) is 26.0 Å². The Kier molecular flexibility index (Phi) is 21.1. The van der Waals surface area contributed by atoms with Gasteiger partial charge in [-0.25, -0.2) is 0 Å². The van der Waals surface area contributed by atoms with Crippen molar-refractivity contribution < 1.29 is 0 Å². The van der Waals surface area contributed by atoms with Crippen LogP contribution in [0.15, 0.2) is 12.2 Å². The van der Waals surface area contributed by atoms with Gasteiger partial charge in [0.2, 0.25) is 0 Å². The molecule has 0 aromatic carbocycles. The van der Waals surface area contributed by atoms with E-state index >= 15 is 0 Å². The molecule has 0 aliphatic carbocycles. The van der Waals surface area contributed by atoms with Crippen molar-refractivity contribution in [1.29, 1.82) is 0 Å². The van der Waals surface area contributed by atoms with Gasteiger partial charge in [0.15, 0.2) is 0 Å². The Morgan fingerprint density at radius 3 is 1.68 bits per heavy atom. The Hall–Kier alpha value is 0.0500. The van der Waals surface area contributed by atoms with Gasteiger partial charge in [0, 0.05) is 12.3 Å². The molecule has 0 bridgehead atoms. The Bertz CT molecular complexity index is 216. The third-order valence-electron chi connectivity index (χ3n) is 4.06. The van der Waals surface area contributed by atoms with Crippen LogP contribution >= 0.6 is 11.8 Å². The lowest BCUT2D eigenvalue weighted by Gasteiger charge is -2.01. The number of hydrogen-bond donors (Lipinski definition) is 1. The molecule has 0 aliphatic heterocycles. The number of rotatable bonds is 18. The summed E-state index contributed by atoms with van der Waals surface area (Å²) in [5.41, 5.74) is 5.47. The van der Waals surface area contributed by atoms with Gasteiger partial charge in [0.25, 0.3) is 0 Å². The summed E-state index contributed by atoms with van der Waals surface area (Å²) in [7, 11) is 0. The molecular weight excluding hydrogens is 286 g/mol. The van der Waals surface area contributed by atoms with Crippen LogP contribution in [-0.2, 0) is 0 Å². The summed E-state index contributed by atoms with van der Waals surface area (Å²) in [6.45, 7) is 3.11. The standard InChI is InChI=1S/C20H41NS/c1-2-3-4-5-6-7-8-9-10-11-12-13-14-15-16-17-19-22-20-18-21/h9-10H,2-8,11-21H2,1H3. The van der Waals surface area contributed by atoms with Gasteiger partial charge in [0.05, 0.1) is 0 Å². The minimum Gasteiger partial charge on any atom is -0.330 e. The van der Waals surface area contributed by atoms with Gasteiger partial charge in [-0.05, 0) is 37.9 Å². The van der Waals surface area contributed by atoms with E-state index in [1.807, 2.05) is 11.8 Å². The van der Waals surface area contributed by atoms with Gasteiger partial charge in [-0.3, -0.25) is 0 Å². The van der Waals surface area contributed by atoms with E-state index in [1.165, 1.54) is 95.6 Å². The number of nitrogens with two attached hydrogens (primary N) is 1.